The third-order valence-electron chi connectivity index (χ3n) is 3.81. The highest BCUT2D eigenvalue weighted by molar-refractivity contribution is 6.02. The molecule has 0 amide bonds. The van der Waals surface area contributed by atoms with Gasteiger partial charge in [0.1, 0.15) is 11.6 Å². The monoisotopic (exact) mass is 264 g/mol. The van der Waals surface area contributed by atoms with Gasteiger partial charge in [0.2, 0.25) is 0 Å². The number of carbonyl (C=O) groups is 2. The molecular formula is C18H16O2. The van der Waals surface area contributed by atoms with Gasteiger partial charge in [0, 0.05) is 12.8 Å². The Morgan fingerprint density at radius 3 is 2.10 bits per heavy atom. The SMILES string of the molecule is O=C1CC(=O)CC(c2cccc(-c3ccccc3)c2)C1. The molecule has 3 rings (SSSR count). The number of Topliss-reactive ketones (excluding diaryl/α,β-unsaturated/α-hetero) is 2. The lowest BCUT2D eigenvalue weighted by molar-refractivity contribution is -0.130. The van der Waals surface area contributed by atoms with E-state index in [1.807, 2.05) is 30.3 Å². The average Bonchev–Trinajstić information content (AvgIpc) is 2.47. The fourth-order valence-electron chi connectivity index (χ4n) is 2.82. The van der Waals surface area contributed by atoms with Gasteiger partial charge in [-0.15, -0.1) is 0 Å². The summed E-state index contributed by atoms with van der Waals surface area (Å²) in [6.07, 6.45) is 1.10. The van der Waals surface area contributed by atoms with E-state index in [4.69, 9.17) is 0 Å². The van der Waals surface area contributed by atoms with Gasteiger partial charge in [-0.3, -0.25) is 9.59 Å². The zero-order chi connectivity index (χ0) is 13.9. The first-order valence-corrected chi connectivity index (χ1v) is 6.91. The average molecular weight is 264 g/mol. The van der Waals surface area contributed by atoms with Crippen molar-refractivity contribution in [3.63, 3.8) is 0 Å². The number of carbonyl (C=O) groups excluding carboxylic acids is 2. The van der Waals surface area contributed by atoms with Gasteiger partial charge in [-0.05, 0) is 22.6 Å². The summed E-state index contributed by atoms with van der Waals surface area (Å²) < 4.78 is 0. The van der Waals surface area contributed by atoms with Crippen LogP contribution in [-0.4, -0.2) is 11.6 Å². The lowest BCUT2D eigenvalue weighted by Gasteiger charge is -2.21. The van der Waals surface area contributed by atoms with Crippen molar-refractivity contribution in [1.82, 2.24) is 0 Å². The predicted molar refractivity (Wildman–Crippen MR) is 78.5 cm³/mol. The number of benzene rings is 2. The van der Waals surface area contributed by atoms with Crippen LogP contribution < -0.4 is 0 Å². The van der Waals surface area contributed by atoms with E-state index in [1.165, 1.54) is 0 Å². The van der Waals surface area contributed by atoms with Gasteiger partial charge in [-0.1, -0.05) is 54.6 Å². The summed E-state index contributed by atoms with van der Waals surface area (Å²) in [7, 11) is 0. The molecule has 0 spiro atoms. The summed E-state index contributed by atoms with van der Waals surface area (Å²) in [6.45, 7) is 0. The van der Waals surface area contributed by atoms with E-state index in [9.17, 15) is 9.59 Å². The molecule has 0 unspecified atom stereocenters. The smallest absolute Gasteiger partial charge is 0.140 e. The van der Waals surface area contributed by atoms with E-state index < -0.39 is 0 Å². The van der Waals surface area contributed by atoms with Crippen LogP contribution in [0.4, 0.5) is 0 Å². The fourth-order valence-corrected chi connectivity index (χ4v) is 2.82. The minimum atomic E-state index is 0.0485. The van der Waals surface area contributed by atoms with E-state index >= 15 is 0 Å². The molecule has 0 radical (unpaired) electrons. The number of ketones is 2. The molecule has 2 aromatic rings. The first-order chi connectivity index (χ1) is 9.72. The van der Waals surface area contributed by atoms with E-state index in [2.05, 4.69) is 24.3 Å². The second-order valence-electron chi connectivity index (χ2n) is 5.35. The number of rotatable bonds is 2. The first-order valence-electron chi connectivity index (χ1n) is 6.91. The van der Waals surface area contributed by atoms with E-state index in [-0.39, 0.29) is 23.9 Å². The van der Waals surface area contributed by atoms with Crippen LogP contribution in [0.5, 0.6) is 0 Å². The molecule has 0 atom stereocenters. The molecule has 1 aliphatic rings. The number of hydrogen-bond acceptors (Lipinski definition) is 2. The van der Waals surface area contributed by atoms with Gasteiger partial charge in [-0.2, -0.15) is 0 Å². The van der Waals surface area contributed by atoms with Gasteiger partial charge in [0.15, 0.2) is 0 Å². The molecule has 100 valence electrons. The van der Waals surface area contributed by atoms with Gasteiger partial charge in [0.25, 0.3) is 0 Å². The fraction of sp³-hybridized carbons (Fsp3) is 0.222. The summed E-state index contributed by atoms with van der Waals surface area (Å²) in [4.78, 5) is 23.2. The zero-order valence-corrected chi connectivity index (χ0v) is 11.2. The Morgan fingerprint density at radius 2 is 1.40 bits per heavy atom. The largest absolute Gasteiger partial charge is 0.299 e. The Kier molecular flexibility index (Phi) is 3.46. The lowest BCUT2D eigenvalue weighted by Crippen LogP contribution is -2.21. The summed E-state index contributed by atoms with van der Waals surface area (Å²) in [6, 6.07) is 18.3. The molecule has 0 bridgehead atoms. The van der Waals surface area contributed by atoms with Gasteiger partial charge in [-0.25, -0.2) is 0 Å². The maximum absolute atomic E-state index is 11.6. The first kappa shape index (κ1) is 12.8. The summed E-state index contributed by atoms with van der Waals surface area (Å²) in [5, 5.41) is 0. The van der Waals surface area contributed by atoms with Crippen molar-refractivity contribution < 1.29 is 9.59 Å². The Balaban J connectivity index is 1.92. The van der Waals surface area contributed by atoms with Crippen LogP contribution in [0, 0.1) is 0 Å². The molecule has 1 aliphatic carbocycles. The van der Waals surface area contributed by atoms with E-state index in [0.29, 0.717) is 12.8 Å². The van der Waals surface area contributed by atoms with Crippen LogP contribution in [0.3, 0.4) is 0 Å². The lowest BCUT2D eigenvalue weighted by atomic mass is 9.82. The van der Waals surface area contributed by atoms with Gasteiger partial charge < -0.3 is 0 Å². The maximum atomic E-state index is 11.6. The summed E-state index contributed by atoms with van der Waals surface area (Å²) >= 11 is 0. The van der Waals surface area contributed by atoms with Crippen molar-refractivity contribution in [3.8, 4) is 11.1 Å². The summed E-state index contributed by atoms with van der Waals surface area (Å²) in [5.41, 5.74) is 3.38. The maximum Gasteiger partial charge on any atom is 0.140 e. The van der Waals surface area contributed by atoms with Crippen LogP contribution in [0.1, 0.15) is 30.7 Å². The molecule has 0 aliphatic heterocycles. The van der Waals surface area contributed by atoms with E-state index in [1.54, 1.807) is 0 Å². The molecule has 0 N–H and O–H groups in total. The Bertz CT molecular complexity index is 627. The molecule has 2 heteroatoms. The molecule has 2 nitrogen and oxygen atoms in total. The molecule has 2 aromatic carbocycles. The van der Waals surface area contributed by atoms with Crippen LogP contribution in [-0.2, 0) is 9.59 Å². The zero-order valence-electron chi connectivity index (χ0n) is 11.2. The highest BCUT2D eigenvalue weighted by Crippen LogP contribution is 2.31. The molecular weight excluding hydrogens is 248 g/mol. The molecule has 1 saturated carbocycles. The Morgan fingerprint density at radius 1 is 0.750 bits per heavy atom. The highest BCUT2D eigenvalue weighted by atomic mass is 16.1. The Hall–Kier alpha value is -2.22. The van der Waals surface area contributed by atoms with Crippen molar-refractivity contribution in [2.24, 2.45) is 0 Å². The third-order valence-corrected chi connectivity index (χ3v) is 3.81. The molecule has 0 saturated heterocycles. The number of hydrogen-bond donors (Lipinski definition) is 0. The standard InChI is InChI=1S/C18H16O2/c19-17-10-16(11-18(20)12-17)15-8-4-7-14(9-15)13-5-2-1-3-6-13/h1-9,16H,10-12H2. The third kappa shape index (κ3) is 2.69. The predicted octanol–water partition coefficient (Wildman–Crippen LogP) is 3.76. The van der Waals surface area contributed by atoms with Crippen LogP contribution in [0.2, 0.25) is 0 Å². The second kappa shape index (κ2) is 5.41. The quantitative estimate of drug-likeness (QED) is 0.774. The highest BCUT2D eigenvalue weighted by Gasteiger charge is 2.26. The van der Waals surface area contributed by atoms with Gasteiger partial charge >= 0.3 is 0 Å². The normalized spacial score (nSPS) is 16.4. The van der Waals surface area contributed by atoms with Crippen molar-refractivity contribution in [1.29, 1.82) is 0 Å². The minimum absolute atomic E-state index is 0.0485. The minimum Gasteiger partial charge on any atom is -0.299 e. The van der Waals surface area contributed by atoms with Crippen molar-refractivity contribution in [2.45, 2.75) is 25.2 Å². The van der Waals surface area contributed by atoms with E-state index in [0.717, 1.165) is 16.7 Å². The molecule has 0 aromatic heterocycles. The van der Waals surface area contributed by atoms with Gasteiger partial charge in [0.05, 0.1) is 6.42 Å². The van der Waals surface area contributed by atoms with Crippen LogP contribution in [0.15, 0.2) is 54.6 Å². The molecule has 0 heterocycles. The Labute approximate surface area is 118 Å². The summed E-state index contributed by atoms with van der Waals surface area (Å²) in [5.74, 6) is 0.181. The van der Waals surface area contributed by atoms with Crippen molar-refractivity contribution in [3.05, 3.63) is 60.2 Å². The second-order valence-corrected chi connectivity index (χ2v) is 5.35. The van der Waals surface area contributed by atoms with Crippen LogP contribution in [0.25, 0.3) is 11.1 Å². The molecule has 1 fully saturated rings. The van der Waals surface area contributed by atoms with Crippen molar-refractivity contribution >= 4 is 11.6 Å². The van der Waals surface area contributed by atoms with Crippen LogP contribution >= 0.6 is 0 Å². The topological polar surface area (TPSA) is 34.1 Å². The van der Waals surface area contributed by atoms with Crippen molar-refractivity contribution in [2.75, 3.05) is 0 Å². The molecule has 20 heavy (non-hydrogen) atoms.